The fourth-order valence-electron chi connectivity index (χ4n) is 3.68. The molecule has 0 spiro atoms. The van der Waals surface area contributed by atoms with Gasteiger partial charge in [0.25, 0.3) is 5.91 Å². The van der Waals surface area contributed by atoms with Crippen LogP contribution in [0.2, 0.25) is 0 Å². The first kappa shape index (κ1) is 18.5. The average molecular weight is 346 g/mol. The Bertz CT molecular complexity index is 409. The van der Waals surface area contributed by atoms with Gasteiger partial charge in [-0.05, 0) is 51.0 Å². The number of hydrogen-bond donors (Lipinski definition) is 2. The molecular formula is C16H28ClN3O3. The Morgan fingerprint density at radius 2 is 2.04 bits per heavy atom. The molecule has 0 saturated carbocycles. The Morgan fingerprint density at radius 3 is 2.74 bits per heavy atom. The minimum atomic E-state index is -0.226. The van der Waals surface area contributed by atoms with E-state index in [1.165, 1.54) is 0 Å². The lowest BCUT2D eigenvalue weighted by atomic mass is 9.97. The van der Waals surface area contributed by atoms with E-state index in [4.69, 9.17) is 4.74 Å². The van der Waals surface area contributed by atoms with E-state index in [-0.39, 0.29) is 36.4 Å². The topological polar surface area (TPSA) is 70.7 Å². The number of nitrogens with one attached hydrogen (secondary N) is 2. The molecule has 3 rings (SSSR count). The molecule has 0 aliphatic carbocycles. The van der Waals surface area contributed by atoms with Crippen molar-refractivity contribution in [1.29, 1.82) is 0 Å². The second kappa shape index (κ2) is 8.85. The van der Waals surface area contributed by atoms with Crippen molar-refractivity contribution >= 4 is 24.2 Å². The van der Waals surface area contributed by atoms with E-state index in [1.807, 2.05) is 4.90 Å². The molecule has 0 aromatic rings. The number of halogens is 1. The quantitative estimate of drug-likeness (QED) is 0.786. The second-order valence-corrected chi connectivity index (χ2v) is 6.69. The molecule has 2 N–H and O–H groups in total. The molecule has 3 unspecified atom stereocenters. The van der Waals surface area contributed by atoms with Gasteiger partial charge in [-0.3, -0.25) is 9.59 Å². The number of rotatable bonds is 4. The molecule has 3 heterocycles. The Kier molecular flexibility index (Phi) is 7.11. The third-order valence-electron chi connectivity index (χ3n) is 4.98. The maximum atomic E-state index is 12.4. The van der Waals surface area contributed by atoms with Crippen LogP contribution in [0.15, 0.2) is 0 Å². The van der Waals surface area contributed by atoms with Gasteiger partial charge in [-0.2, -0.15) is 0 Å². The van der Waals surface area contributed by atoms with Crippen molar-refractivity contribution in [2.75, 3.05) is 32.8 Å². The summed E-state index contributed by atoms with van der Waals surface area (Å²) in [6.45, 7) is 3.89. The molecule has 3 aliphatic heterocycles. The van der Waals surface area contributed by atoms with Crippen LogP contribution in [0.25, 0.3) is 0 Å². The van der Waals surface area contributed by atoms with Gasteiger partial charge in [0, 0.05) is 26.2 Å². The van der Waals surface area contributed by atoms with Crippen molar-refractivity contribution in [3.63, 3.8) is 0 Å². The lowest BCUT2D eigenvalue weighted by Crippen LogP contribution is -2.48. The normalized spacial score (nSPS) is 30.8. The molecule has 2 amide bonds. The summed E-state index contributed by atoms with van der Waals surface area (Å²) in [6, 6.07) is -0.0202. The smallest absolute Gasteiger partial charge is 0.251 e. The number of nitrogens with zero attached hydrogens (tertiary/aromatic N) is 1. The zero-order valence-corrected chi connectivity index (χ0v) is 14.4. The Hall–Kier alpha value is -0.850. The van der Waals surface area contributed by atoms with Crippen LogP contribution >= 0.6 is 12.4 Å². The minimum Gasteiger partial charge on any atom is -0.368 e. The van der Waals surface area contributed by atoms with Gasteiger partial charge in [0.2, 0.25) is 5.91 Å². The van der Waals surface area contributed by atoms with Crippen molar-refractivity contribution in [1.82, 2.24) is 15.5 Å². The fraction of sp³-hybridized carbons (Fsp3) is 0.875. The zero-order chi connectivity index (χ0) is 15.4. The molecular weight excluding hydrogens is 318 g/mol. The van der Waals surface area contributed by atoms with Gasteiger partial charge in [-0.15, -0.1) is 12.4 Å². The summed E-state index contributed by atoms with van der Waals surface area (Å²) in [5.41, 5.74) is 0. The van der Waals surface area contributed by atoms with Crippen molar-refractivity contribution in [3.8, 4) is 0 Å². The van der Waals surface area contributed by atoms with E-state index in [0.717, 1.165) is 58.2 Å². The van der Waals surface area contributed by atoms with Gasteiger partial charge in [-0.1, -0.05) is 0 Å². The minimum absolute atomic E-state index is 0. The van der Waals surface area contributed by atoms with E-state index in [1.54, 1.807) is 0 Å². The van der Waals surface area contributed by atoms with Gasteiger partial charge >= 0.3 is 0 Å². The van der Waals surface area contributed by atoms with Crippen LogP contribution in [-0.4, -0.2) is 61.6 Å². The van der Waals surface area contributed by atoms with Crippen molar-refractivity contribution < 1.29 is 14.3 Å². The molecule has 3 fully saturated rings. The SMILES string of the molecule is Cl.O=C(NCC1CCCN(C(=O)C2CCCO2)C1)C1CCCN1. The van der Waals surface area contributed by atoms with Crippen LogP contribution in [0, 0.1) is 5.92 Å². The summed E-state index contributed by atoms with van der Waals surface area (Å²) in [6.07, 6.45) is 5.71. The van der Waals surface area contributed by atoms with Crippen molar-refractivity contribution in [3.05, 3.63) is 0 Å². The first-order chi connectivity index (χ1) is 10.7. The molecule has 7 heteroatoms. The first-order valence-electron chi connectivity index (χ1n) is 8.65. The lowest BCUT2D eigenvalue weighted by Gasteiger charge is -2.34. The summed E-state index contributed by atoms with van der Waals surface area (Å²) in [5, 5.41) is 6.27. The third-order valence-corrected chi connectivity index (χ3v) is 4.98. The Labute approximate surface area is 144 Å². The standard InChI is InChI=1S/C16H27N3O3.ClH/c20-15(13-5-1-7-17-13)18-10-12-4-2-8-19(11-12)16(21)14-6-3-9-22-14;/h12-14,17H,1-11H2,(H,18,20);1H. The highest BCUT2D eigenvalue weighted by Crippen LogP contribution is 2.21. The first-order valence-corrected chi connectivity index (χ1v) is 8.65. The molecule has 0 aromatic carbocycles. The van der Waals surface area contributed by atoms with Gasteiger partial charge in [0.15, 0.2) is 0 Å². The van der Waals surface area contributed by atoms with E-state index in [9.17, 15) is 9.59 Å². The lowest BCUT2D eigenvalue weighted by molar-refractivity contribution is -0.142. The number of likely N-dealkylation sites (tertiary alicyclic amines) is 1. The van der Waals surface area contributed by atoms with E-state index in [2.05, 4.69) is 10.6 Å². The van der Waals surface area contributed by atoms with Crippen LogP contribution in [-0.2, 0) is 14.3 Å². The highest BCUT2D eigenvalue weighted by atomic mass is 35.5. The highest BCUT2D eigenvalue weighted by molar-refractivity contribution is 5.85. The summed E-state index contributed by atoms with van der Waals surface area (Å²) in [4.78, 5) is 26.4. The molecule has 3 aliphatic rings. The average Bonchev–Trinajstić information content (AvgIpc) is 3.25. The van der Waals surface area contributed by atoms with Gasteiger partial charge in [0.05, 0.1) is 6.04 Å². The molecule has 23 heavy (non-hydrogen) atoms. The zero-order valence-electron chi connectivity index (χ0n) is 13.6. The monoisotopic (exact) mass is 345 g/mol. The van der Waals surface area contributed by atoms with Gasteiger partial charge in [-0.25, -0.2) is 0 Å². The summed E-state index contributed by atoms with van der Waals surface area (Å²) < 4.78 is 5.50. The number of carbonyl (C=O) groups excluding carboxylic acids is 2. The Balaban J connectivity index is 0.00000192. The Morgan fingerprint density at radius 1 is 1.17 bits per heavy atom. The maximum absolute atomic E-state index is 12.4. The highest BCUT2D eigenvalue weighted by Gasteiger charge is 2.31. The fourth-order valence-corrected chi connectivity index (χ4v) is 3.68. The van der Waals surface area contributed by atoms with Gasteiger partial charge < -0.3 is 20.3 Å². The van der Waals surface area contributed by atoms with Crippen LogP contribution in [0.4, 0.5) is 0 Å². The van der Waals surface area contributed by atoms with Crippen LogP contribution in [0.3, 0.4) is 0 Å². The molecule has 3 saturated heterocycles. The number of hydrogen-bond acceptors (Lipinski definition) is 4. The second-order valence-electron chi connectivity index (χ2n) is 6.69. The molecule has 3 atom stereocenters. The largest absolute Gasteiger partial charge is 0.368 e. The van der Waals surface area contributed by atoms with Crippen molar-refractivity contribution in [2.24, 2.45) is 5.92 Å². The number of ether oxygens (including phenoxy) is 1. The molecule has 0 radical (unpaired) electrons. The predicted molar refractivity (Wildman–Crippen MR) is 89.6 cm³/mol. The summed E-state index contributed by atoms with van der Waals surface area (Å²) in [7, 11) is 0. The summed E-state index contributed by atoms with van der Waals surface area (Å²) in [5.74, 6) is 0.621. The summed E-state index contributed by atoms with van der Waals surface area (Å²) >= 11 is 0. The van der Waals surface area contributed by atoms with Crippen LogP contribution < -0.4 is 10.6 Å². The van der Waals surface area contributed by atoms with Crippen molar-refractivity contribution in [2.45, 2.75) is 50.7 Å². The number of piperidine rings is 1. The molecule has 132 valence electrons. The number of amides is 2. The van der Waals surface area contributed by atoms with E-state index in [0.29, 0.717) is 19.1 Å². The van der Waals surface area contributed by atoms with Gasteiger partial charge in [0.1, 0.15) is 6.10 Å². The predicted octanol–water partition coefficient (Wildman–Crippen LogP) is 0.694. The van der Waals surface area contributed by atoms with E-state index < -0.39 is 0 Å². The van der Waals surface area contributed by atoms with Crippen LogP contribution in [0.1, 0.15) is 38.5 Å². The maximum Gasteiger partial charge on any atom is 0.251 e. The third kappa shape index (κ3) is 4.81. The number of carbonyl (C=O) groups is 2. The molecule has 0 bridgehead atoms. The van der Waals surface area contributed by atoms with Crippen LogP contribution in [0.5, 0.6) is 0 Å². The van der Waals surface area contributed by atoms with E-state index >= 15 is 0 Å². The molecule has 0 aromatic heterocycles. The molecule has 6 nitrogen and oxygen atoms in total.